The lowest BCUT2D eigenvalue weighted by Gasteiger charge is -2.11. The van der Waals surface area contributed by atoms with Crippen LogP contribution < -0.4 is 5.73 Å². The number of aromatic nitrogens is 2. The van der Waals surface area contributed by atoms with Crippen LogP contribution in [0.4, 0.5) is 0 Å². The van der Waals surface area contributed by atoms with Crippen molar-refractivity contribution in [3.8, 4) is 11.1 Å². The molecule has 0 aliphatic heterocycles. The van der Waals surface area contributed by atoms with Crippen LogP contribution >= 0.6 is 11.8 Å². The first-order chi connectivity index (χ1) is 17.9. The van der Waals surface area contributed by atoms with Gasteiger partial charge in [-0.2, -0.15) is 0 Å². The molecule has 0 fully saturated rings. The van der Waals surface area contributed by atoms with Gasteiger partial charge in [-0.1, -0.05) is 91.5 Å². The van der Waals surface area contributed by atoms with Crippen molar-refractivity contribution in [2.45, 2.75) is 28.4 Å². The molecule has 1 aromatic heterocycles. The molecule has 5 rings (SSSR count). The number of amides is 1. The second-order valence-electron chi connectivity index (χ2n) is 8.50. The summed E-state index contributed by atoms with van der Waals surface area (Å²) in [6.45, 7) is 2.48. The number of fused-ring (bicyclic) bond motifs is 1. The first kappa shape index (κ1) is 24.8. The molecule has 0 aliphatic rings. The molecule has 0 unspecified atom stereocenters. The molecule has 0 saturated carbocycles. The highest BCUT2D eigenvalue weighted by atomic mass is 32.2. The highest BCUT2D eigenvalue weighted by Gasteiger charge is 2.24. The first-order valence-electron chi connectivity index (χ1n) is 11.8. The van der Waals surface area contributed by atoms with E-state index in [4.69, 9.17) is 10.7 Å². The number of carbonyl (C=O) groups is 1. The number of rotatable bonds is 8. The summed E-state index contributed by atoms with van der Waals surface area (Å²) in [6.07, 6.45) is 0. The highest BCUT2D eigenvalue weighted by molar-refractivity contribution is 7.99. The molecule has 186 valence electrons. The van der Waals surface area contributed by atoms with Gasteiger partial charge in [-0.05, 0) is 46.7 Å². The molecule has 5 aromatic rings. The van der Waals surface area contributed by atoms with Crippen LogP contribution in [0.5, 0.6) is 0 Å². The summed E-state index contributed by atoms with van der Waals surface area (Å²) in [6, 6.07) is 29.4. The van der Waals surface area contributed by atoms with E-state index in [1.807, 2.05) is 41.8 Å². The van der Waals surface area contributed by atoms with Crippen molar-refractivity contribution in [3.63, 3.8) is 0 Å². The minimum absolute atomic E-state index is 0.00799. The van der Waals surface area contributed by atoms with E-state index in [2.05, 4.69) is 24.3 Å². The number of thioether (sulfide) groups is 1. The number of carbonyl (C=O) groups excluding carboxylic acids is 1. The molecule has 0 radical (unpaired) electrons. The molecule has 0 bridgehead atoms. The Kier molecular flexibility index (Phi) is 6.86. The van der Waals surface area contributed by atoms with Crippen molar-refractivity contribution < 1.29 is 13.2 Å². The molecule has 4 aromatic carbocycles. The van der Waals surface area contributed by atoms with Gasteiger partial charge in [0.25, 0.3) is 5.91 Å². The smallest absolute Gasteiger partial charge is 0.251 e. The van der Waals surface area contributed by atoms with Crippen LogP contribution in [0.15, 0.2) is 112 Å². The fraction of sp³-hybridized carbons (Fsp3) is 0.103. The van der Waals surface area contributed by atoms with Crippen LogP contribution in [-0.2, 0) is 16.4 Å². The first-order valence-corrected chi connectivity index (χ1v) is 14.3. The van der Waals surface area contributed by atoms with E-state index in [0.717, 1.165) is 22.4 Å². The second kappa shape index (κ2) is 10.2. The third-order valence-electron chi connectivity index (χ3n) is 6.10. The van der Waals surface area contributed by atoms with Crippen molar-refractivity contribution in [1.82, 2.24) is 9.55 Å². The molecule has 8 heteroatoms. The van der Waals surface area contributed by atoms with Gasteiger partial charge in [0.05, 0.1) is 27.4 Å². The Balaban J connectivity index is 1.64. The summed E-state index contributed by atoms with van der Waals surface area (Å²) in [5.74, 6) is 0.0391. The lowest BCUT2D eigenvalue weighted by atomic mass is 10.0. The summed E-state index contributed by atoms with van der Waals surface area (Å²) in [5, 5.41) is 0.696. The highest BCUT2D eigenvalue weighted by Crippen LogP contribution is 2.32. The molecular weight excluding hydrogens is 502 g/mol. The van der Waals surface area contributed by atoms with Crippen LogP contribution in [-0.4, -0.2) is 29.6 Å². The Morgan fingerprint density at radius 2 is 1.49 bits per heavy atom. The fourth-order valence-electron chi connectivity index (χ4n) is 4.26. The van der Waals surface area contributed by atoms with Crippen molar-refractivity contribution in [2.75, 3.05) is 5.75 Å². The Hall–Kier alpha value is -3.88. The number of sulfone groups is 1. The zero-order valence-electron chi connectivity index (χ0n) is 20.2. The number of imidazole rings is 1. The van der Waals surface area contributed by atoms with Crippen LogP contribution in [0, 0.1) is 0 Å². The summed E-state index contributed by atoms with van der Waals surface area (Å²) in [4.78, 5) is 17.3. The van der Waals surface area contributed by atoms with Crippen molar-refractivity contribution in [2.24, 2.45) is 5.73 Å². The van der Waals surface area contributed by atoms with Gasteiger partial charge in [-0.3, -0.25) is 4.79 Å². The van der Waals surface area contributed by atoms with Crippen LogP contribution in [0.2, 0.25) is 0 Å². The molecule has 6 nitrogen and oxygen atoms in total. The maximum absolute atomic E-state index is 13.4. The Labute approximate surface area is 220 Å². The van der Waals surface area contributed by atoms with Gasteiger partial charge < -0.3 is 10.3 Å². The predicted octanol–water partition coefficient (Wildman–Crippen LogP) is 5.80. The molecule has 1 amide bonds. The third kappa shape index (κ3) is 4.90. The summed E-state index contributed by atoms with van der Waals surface area (Å²) < 4.78 is 28.8. The average molecular weight is 528 g/mol. The lowest BCUT2D eigenvalue weighted by Crippen LogP contribution is -2.13. The molecular formula is C29H25N3O3S2. The standard InChI is InChI=1S/C29H25N3O3S2/c1-2-36-29-31-27-25(28(30)33)17-24(37(34,35)23-11-7-4-8-12-23)18-26(27)32(29)19-20-13-15-22(16-14-20)21-9-5-3-6-10-21/h3-18H,2,19H2,1H3,(H2,30,33). The van der Waals surface area contributed by atoms with E-state index in [1.54, 1.807) is 24.3 Å². The van der Waals surface area contributed by atoms with Crippen LogP contribution in [0.1, 0.15) is 22.8 Å². The maximum atomic E-state index is 13.4. The van der Waals surface area contributed by atoms with Crippen molar-refractivity contribution >= 4 is 38.5 Å². The zero-order chi connectivity index (χ0) is 26.0. The van der Waals surface area contributed by atoms with Gasteiger partial charge in [0.2, 0.25) is 9.84 Å². The van der Waals surface area contributed by atoms with Gasteiger partial charge in [0.1, 0.15) is 5.52 Å². The van der Waals surface area contributed by atoms with E-state index < -0.39 is 15.7 Å². The van der Waals surface area contributed by atoms with E-state index in [0.29, 0.717) is 22.7 Å². The van der Waals surface area contributed by atoms with Crippen molar-refractivity contribution in [1.29, 1.82) is 0 Å². The number of nitrogens with two attached hydrogens (primary N) is 1. The molecule has 0 aliphatic carbocycles. The monoisotopic (exact) mass is 527 g/mol. The van der Waals surface area contributed by atoms with Gasteiger partial charge in [-0.15, -0.1) is 0 Å². The van der Waals surface area contributed by atoms with Crippen LogP contribution in [0.3, 0.4) is 0 Å². The molecule has 0 spiro atoms. The molecule has 37 heavy (non-hydrogen) atoms. The summed E-state index contributed by atoms with van der Waals surface area (Å²) in [5.41, 5.74) is 9.99. The number of nitrogens with zero attached hydrogens (tertiary/aromatic N) is 2. The molecule has 0 saturated heterocycles. The van der Waals surface area contributed by atoms with Crippen LogP contribution in [0.25, 0.3) is 22.2 Å². The minimum Gasteiger partial charge on any atom is -0.366 e. The normalized spacial score (nSPS) is 11.6. The summed E-state index contributed by atoms with van der Waals surface area (Å²) >= 11 is 1.53. The third-order valence-corrected chi connectivity index (χ3v) is 8.70. The Morgan fingerprint density at radius 3 is 2.11 bits per heavy atom. The van der Waals surface area contributed by atoms with E-state index in [-0.39, 0.29) is 15.4 Å². The fourth-order valence-corrected chi connectivity index (χ4v) is 6.32. The van der Waals surface area contributed by atoms with Gasteiger partial charge in [-0.25, -0.2) is 13.4 Å². The zero-order valence-corrected chi connectivity index (χ0v) is 21.8. The number of primary amides is 1. The van der Waals surface area contributed by atoms with Gasteiger partial charge in [0.15, 0.2) is 5.16 Å². The van der Waals surface area contributed by atoms with Gasteiger partial charge >= 0.3 is 0 Å². The number of hydrogen-bond donors (Lipinski definition) is 1. The van der Waals surface area contributed by atoms with E-state index in [9.17, 15) is 13.2 Å². The van der Waals surface area contributed by atoms with Crippen molar-refractivity contribution in [3.05, 3.63) is 108 Å². The molecule has 2 N–H and O–H groups in total. The molecule has 1 heterocycles. The topological polar surface area (TPSA) is 95.1 Å². The largest absolute Gasteiger partial charge is 0.366 e. The van der Waals surface area contributed by atoms with E-state index >= 15 is 0 Å². The quantitative estimate of drug-likeness (QED) is 0.258. The summed E-state index contributed by atoms with van der Waals surface area (Å²) in [7, 11) is -3.87. The van der Waals surface area contributed by atoms with Gasteiger partial charge in [0, 0.05) is 0 Å². The molecule has 0 atom stereocenters. The maximum Gasteiger partial charge on any atom is 0.251 e. The number of benzene rings is 4. The minimum atomic E-state index is -3.87. The number of hydrogen-bond acceptors (Lipinski definition) is 5. The predicted molar refractivity (Wildman–Crippen MR) is 148 cm³/mol. The Bertz CT molecular complexity index is 1680. The lowest BCUT2D eigenvalue weighted by molar-refractivity contribution is 0.100. The average Bonchev–Trinajstić information content (AvgIpc) is 3.26. The Morgan fingerprint density at radius 1 is 0.865 bits per heavy atom. The SMILES string of the molecule is CCSc1nc2c(C(N)=O)cc(S(=O)(=O)c3ccccc3)cc2n1Cc1ccc(-c2ccccc2)cc1. The second-order valence-corrected chi connectivity index (χ2v) is 11.7. The van der Waals surface area contributed by atoms with E-state index in [1.165, 1.54) is 30.0 Å².